The van der Waals surface area contributed by atoms with Gasteiger partial charge in [0.1, 0.15) is 0 Å². The molecule has 2 aliphatic heterocycles. The average Bonchev–Trinajstić information content (AvgIpc) is 2.80. The van der Waals surface area contributed by atoms with Gasteiger partial charge >= 0.3 is 0 Å². The maximum atomic E-state index is 13.1. The SMILES string of the molecule is O=C(Cc1ccccc1)N1CCCC(C(=O)N2CCN(Cc3ccncc3)CC2)C1. The quantitative estimate of drug-likeness (QED) is 0.764. The number of carbonyl (C=O) groups is 2. The molecule has 2 aliphatic rings. The third-order valence-corrected chi connectivity index (χ3v) is 6.16. The van der Waals surface area contributed by atoms with E-state index in [1.54, 1.807) is 0 Å². The fourth-order valence-electron chi connectivity index (χ4n) is 4.42. The summed E-state index contributed by atoms with van der Waals surface area (Å²) in [7, 11) is 0. The van der Waals surface area contributed by atoms with E-state index in [0.29, 0.717) is 13.0 Å². The first kappa shape index (κ1) is 20.5. The molecule has 1 aromatic carbocycles. The first-order valence-corrected chi connectivity index (χ1v) is 10.9. The van der Waals surface area contributed by atoms with Crippen molar-refractivity contribution < 1.29 is 9.59 Å². The molecule has 30 heavy (non-hydrogen) atoms. The second-order valence-electron chi connectivity index (χ2n) is 8.30. The lowest BCUT2D eigenvalue weighted by Crippen LogP contribution is -2.52. The molecule has 2 saturated heterocycles. The van der Waals surface area contributed by atoms with Crippen molar-refractivity contribution in [1.82, 2.24) is 19.7 Å². The maximum Gasteiger partial charge on any atom is 0.227 e. The second kappa shape index (κ2) is 9.85. The molecule has 0 spiro atoms. The number of benzene rings is 1. The minimum Gasteiger partial charge on any atom is -0.342 e. The van der Waals surface area contributed by atoms with Crippen LogP contribution in [0.1, 0.15) is 24.0 Å². The molecule has 2 aromatic rings. The number of aromatic nitrogens is 1. The van der Waals surface area contributed by atoms with Gasteiger partial charge in [0.15, 0.2) is 0 Å². The maximum absolute atomic E-state index is 13.1. The van der Waals surface area contributed by atoms with E-state index in [0.717, 1.165) is 57.7 Å². The molecule has 2 amide bonds. The summed E-state index contributed by atoms with van der Waals surface area (Å²) < 4.78 is 0. The fourth-order valence-corrected chi connectivity index (χ4v) is 4.42. The van der Waals surface area contributed by atoms with Gasteiger partial charge in [-0.25, -0.2) is 0 Å². The Kier molecular flexibility index (Phi) is 6.74. The minimum atomic E-state index is -0.0646. The van der Waals surface area contributed by atoms with Crippen LogP contribution in [0.4, 0.5) is 0 Å². The van der Waals surface area contributed by atoms with Gasteiger partial charge in [0.25, 0.3) is 0 Å². The number of rotatable bonds is 5. The Morgan fingerprint density at radius 3 is 2.33 bits per heavy atom. The lowest BCUT2D eigenvalue weighted by Gasteiger charge is -2.39. The van der Waals surface area contributed by atoms with Crippen LogP contribution in [0.25, 0.3) is 0 Å². The van der Waals surface area contributed by atoms with E-state index < -0.39 is 0 Å². The molecule has 1 atom stereocenters. The van der Waals surface area contributed by atoms with E-state index >= 15 is 0 Å². The number of likely N-dealkylation sites (tertiary alicyclic amines) is 1. The van der Waals surface area contributed by atoms with Crippen molar-refractivity contribution >= 4 is 11.8 Å². The predicted molar refractivity (Wildman–Crippen MR) is 116 cm³/mol. The van der Waals surface area contributed by atoms with E-state index in [4.69, 9.17) is 0 Å². The first-order chi connectivity index (χ1) is 14.7. The Bertz CT molecular complexity index is 835. The van der Waals surface area contributed by atoms with E-state index in [-0.39, 0.29) is 17.7 Å². The number of pyridine rings is 1. The van der Waals surface area contributed by atoms with Crippen LogP contribution in [0.5, 0.6) is 0 Å². The Morgan fingerprint density at radius 1 is 0.867 bits per heavy atom. The summed E-state index contributed by atoms with van der Waals surface area (Å²) >= 11 is 0. The minimum absolute atomic E-state index is 0.0646. The zero-order valence-corrected chi connectivity index (χ0v) is 17.4. The monoisotopic (exact) mass is 406 g/mol. The van der Waals surface area contributed by atoms with Crippen LogP contribution in [-0.4, -0.2) is 70.8 Å². The Hall–Kier alpha value is -2.73. The summed E-state index contributed by atoms with van der Waals surface area (Å²) in [6.45, 7) is 5.51. The summed E-state index contributed by atoms with van der Waals surface area (Å²) in [4.78, 5) is 36.2. The molecule has 1 aromatic heterocycles. The summed E-state index contributed by atoms with van der Waals surface area (Å²) in [5, 5.41) is 0. The van der Waals surface area contributed by atoms with Crippen LogP contribution in [-0.2, 0) is 22.6 Å². The van der Waals surface area contributed by atoms with E-state index in [1.165, 1.54) is 5.56 Å². The van der Waals surface area contributed by atoms with Crippen molar-refractivity contribution in [1.29, 1.82) is 0 Å². The Morgan fingerprint density at radius 2 is 1.60 bits per heavy atom. The van der Waals surface area contributed by atoms with Gasteiger partial charge in [-0.15, -0.1) is 0 Å². The molecule has 0 bridgehead atoms. The van der Waals surface area contributed by atoms with Crippen molar-refractivity contribution in [3.05, 3.63) is 66.0 Å². The van der Waals surface area contributed by atoms with Gasteiger partial charge in [-0.2, -0.15) is 0 Å². The van der Waals surface area contributed by atoms with Crippen LogP contribution >= 0.6 is 0 Å². The first-order valence-electron chi connectivity index (χ1n) is 10.9. The standard InChI is InChI=1S/C24H30N4O2/c29-23(17-20-5-2-1-3-6-20)28-12-4-7-22(19-28)24(30)27-15-13-26(14-16-27)18-21-8-10-25-11-9-21/h1-3,5-6,8-11,22H,4,7,12-19H2. The second-order valence-corrected chi connectivity index (χ2v) is 8.30. The number of nitrogens with zero attached hydrogens (tertiary/aromatic N) is 4. The molecule has 158 valence electrons. The highest BCUT2D eigenvalue weighted by atomic mass is 16.2. The summed E-state index contributed by atoms with van der Waals surface area (Å²) in [6, 6.07) is 13.9. The van der Waals surface area contributed by atoms with Crippen molar-refractivity contribution in [3.63, 3.8) is 0 Å². The van der Waals surface area contributed by atoms with Crippen LogP contribution in [0.3, 0.4) is 0 Å². The molecule has 0 radical (unpaired) electrons. The highest BCUT2D eigenvalue weighted by molar-refractivity contribution is 5.82. The number of hydrogen-bond donors (Lipinski definition) is 0. The molecule has 6 heteroatoms. The third kappa shape index (κ3) is 5.25. The topological polar surface area (TPSA) is 56.8 Å². The lowest BCUT2D eigenvalue weighted by atomic mass is 9.95. The van der Waals surface area contributed by atoms with E-state index in [9.17, 15) is 9.59 Å². The summed E-state index contributed by atoms with van der Waals surface area (Å²) in [6.07, 6.45) is 5.84. The molecule has 6 nitrogen and oxygen atoms in total. The molecular formula is C24H30N4O2. The number of amides is 2. The molecule has 4 rings (SSSR count). The smallest absolute Gasteiger partial charge is 0.227 e. The van der Waals surface area contributed by atoms with Gasteiger partial charge in [-0.3, -0.25) is 19.5 Å². The van der Waals surface area contributed by atoms with Crippen LogP contribution in [0.15, 0.2) is 54.9 Å². The van der Waals surface area contributed by atoms with Crippen LogP contribution in [0, 0.1) is 5.92 Å². The number of hydrogen-bond acceptors (Lipinski definition) is 4. The van der Waals surface area contributed by atoms with Gasteiger partial charge in [0.05, 0.1) is 12.3 Å². The summed E-state index contributed by atoms with van der Waals surface area (Å²) in [5.41, 5.74) is 2.28. The Labute approximate surface area is 178 Å². The highest BCUT2D eigenvalue weighted by Crippen LogP contribution is 2.21. The van der Waals surface area contributed by atoms with Crippen LogP contribution in [0.2, 0.25) is 0 Å². The molecule has 1 unspecified atom stereocenters. The molecule has 0 N–H and O–H groups in total. The molecule has 0 aliphatic carbocycles. The zero-order valence-electron chi connectivity index (χ0n) is 17.4. The summed E-state index contributed by atoms with van der Waals surface area (Å²) in [5.74, 6) is 0.280. The van der Waals surface area contributed by atoms with Gasteiger partial charge in [0.2, 0.25) is 11.8 Å². The largest absolute Gasteiger partial charge is 0.342 e. The van der Waals surface area contributed by atoms with Gasteiger partial charge in [-0.1, -0.05) is 30.3 Å². The number of piperazine rings is 1. The van der Waals surface area contributed by atoms with Crippen molar-refractivity contribution in [2.75, 3.05) is 39.3 Å². The normalized spacial score (nSPS) is 20.2. The fraction of sp³-hybridized carbons (Fsp3) is 0.458. The average molecular weight is 407 g/mol. The van der Waals surface area contributed by atoms with E-state index in [1.807, 2.05) is 64.7 Å². The number of piperidine rings is 1. The number of carbonyl (C=O) groups excluding carboxylic acids is 2. The molecule has 0 saturated carbocycles. The third-order valence-electron chi connectivity index (χ3n) is 6.16. The lowest BCUT2D eigenvalue weighted by molar-refractivity contribution is -0.142. The zero-order chi connectivity index (χ0) is 20.8. The Balaban J connectivity index is 1.27. The van der Waals surface area contributed by atoms with E-state index in [2.05, 4.69) is 9.88 Å². The van der Waals surface area contributed by atoms with Crippen molar-refractivity contribution in [2.45, 2.75) is 25.8 Å². The van der Waals surface area contributed by atoms with Gasteiger partial charge < -0.3 is 9.80 Å². The predicted octanol–water partition coefficient (Wildman–Crippen LogP) is 2.21. The molecule has 2 fully saturated rings. The highest BCUT2D eigenvalue weighted by Gasteiger charge is 2.32. The van der Waals surface area contributed by atoms with Gasteiger partial charge in [0, 0.05) is 58.2 Å². The van der Waals surface area contributed by atoms with Crippen molar-refractivity contribution in [2.24, 2.45) is 5.92 Å². The van der Waals surface area contributed by atoms with Gasteiger partial charge in [-0.05, 0) is 36.1 Å². The molecule has 3 heterocycles. The van der Waals surface area contributed by atoms with Crippen LogP contribution < -0.4 is 0 Å². The van der Waals surface area contributed by atoms with Crippen molar-refractivity contribution in [3.8, 4) is 0 Å². The molecular weight excluding hydrogens is 376 g/mol.